The molecular formula is C44H39F3N6O7S. The number of ketones is 1. The van der Waals surface area contributed by atoms with Gasteiger partial charge < -0.3 is 36.3 Å². The number of aromatic carboxylic acids is 1. The normalized spacial score (nSPS) is 17.5. The molecule has 3 aliphatic carbocycles. The van der Waals surface area contributed by atoms with Crippen molar-refractivity contribution < 1.29 is 42.2 Å². The van der Waals surface area contributed by atoms with Crippen LogP contribution in [0.1, 0.15) is 88.4 Å². The second-order valence-corrected chi connectivity index (χ2v) is 16.7. The number of alkyl halides is 3. The molecule has 7 N–H and O–H groups in total. The van der Waals surface area contributed by atoms with Crippen LogP contribution in [0.2, 0.25) is 0 Å². The number of amides is 1. The summed E-state index contributed by atoms with van der Waals surface area (Å²) >= 11 is 5.63. The molecule has 4 aliphatic rings. The molecule has 1 amide bonds. The monoisotopic (exact) mass is 852 g/mol. The highest BCUT2D eigenvalue weighted by molar-refractivity contribution is 7.80. The number of benzene rings is 4. The number of phenols is 1. The number of aromatic hydroxyl groups is 1. The number of nitrogens with two attached hydrogens (primary N) is 1. The summed E-state index contributed by atoms with van der Waals surface area (Å²) in [6.07, 6.45) is -2.17. The van der Waals surface area contributed by atoms with Crippen LogP contribution in [0.3, 0.4) is 0 Å². The number of hydrogen-bond acceptors (Lipinski definition) is 9. The summed E-state index contributed by atoms with van der Waals surface area (Å²) in [5.74, 6) is -2.38. The van der Waals surface area contributed by atoms with Crippen LogP contribution in [0, 0.1) is 5.41 Å². The number of hydrogen-bond donors (Lipinski definition) is 6. The van der Waals surface area contributed by atoms with Gasteiger partial charge >= 0.3 is 12.1 Å². The number of nitrogens with zero attached hydrogens (tertiary/aromatic N) is 2. The molecule has 0 radical (unpaired) electrons. The number of Topliss-reactive ketones (excluding diaryl/α,β-unsaturated/α-hetero) is 1. The molecule has 4 aromatic rings. The Labute approximate surface area is 351 Å². The summed E-state index contributed by atoms with van der Waals surface area (Å²) in [5.41, 5.74) is 6.07. The SMILES string of the molecule is CC1(C)CC(=O)c2c(C(F)(F)F)nn(-c3ccc(C(N)=O)c(NC4CCC(NC(=S)Nc5ccc(-c6c7ccc(=O)cc-7oc7cc(O)ccc67)c(C(=O)O)c5)CC4)c3)c2C1. The van der Waals surface area contributed by atoms with Crippen LogP contribution < -0.4 is 27.1 Å². The van der Waals surface area contributed by atoms with Crippen molar-refractivity contribution in [1.82, 2.24) is 15.1 Å². The quantitative estimate of drug-likeness (QED) is 0.0635. The minimum Gasteiger partial charge on any atom is -0.508 e. The highest BCUT2D eigenvalue weighted by Crippen LogP contribution is 2.44. The largest absolute Gasteiger partial charge is 0.508 e. The molecule has 1 fully saturated rings. The van der Waals surface area contributed by atoms with E-state index in [4.69, 9.17) is 22.4 Å². The van der Waals surface area contributed by atoms with Crippen LogP contribution in [0.15, 0.2) is 82.0 Å². The van der Waals surface area contributed by atoms with Gasteiger partial charge in [-0.05, 0) is 110 Å². The number of halogens is 3. The number of aromatic nitrogens is 2. The maximum atomic E-state index is 14.1. The second-order valence-electron chi connectivity index (χ2n) is 16.3. The van der Waals surface area contributed by atoms with Crippen molar-refractivity contribution in [1.29, 1.82) is 0 Å². The fraction of sp³-hybridized carbons (Fsp3) is 0.273. The summed E-state index contributed by atoms with van der Waals surface area (Å²) < 4.78 is 49.4. The van der Waals surface area contributed by atoms with E-state index in [2.05, 4.69) is 21.0 Å². The lowest BCUT2D eigenvalue weighted by molar-refractivity contribution is -0.141. The Balaban J connectivity index is 0.970. The molecule has 0 spiro atoms. The van der Waals surface area contributed by atoms with E-state index in [9.17, 15) is 42.6 Å². The van der Waals surface area contributed by atoms with Crippen molar-refractivity contribution in [3.05, 3.63) is 111 Å². The predicted octanol–water partition coefficient (Wildman–Crippen LogP) is 8.14. The Hall–Kier alpha value is -6.75. The molecule has 61 heavy (non-hydrogen) atoms. The predicted molar refractivity (Wildman–Crippen MR) is 226 cm³/mol. The van der Waals surface area contributed by atoms with Crippen LogP contribution in [0.5, 0.6) is 5.75 Å². The third-order valence-corrected chi connectivity index (χ3v) is 11.4. The van der Waals surface area contributed by atoms with E-state index in [1.165, 1.54) is 48.5 Å². The van der Waals surface area contributed by atoms with Crippen molar-refractivity contribution in [2.24, 2.45) is 11.1 Å². The lowest BCUT2D eigenvalue weighted by Gasteiger charge is -2.31. The maximum Gasteiger partial charge on any atom is 0.435 e. The van der Waals surface area contributed by atoms with Gasteiger partial charge in [0.25, 0.3) is 5.91 Å². The number of fused-ring (bicyclic) bond motifs is 3. The summed E-state index contributed by atoms with van der Waals surface area (Å²) in [5, 5.41) is 34.9. The Morgan fingerprint density at radius 1 is 0.902 bits per heavy atom. The molecule has 3 aromatic carbocycles. The first kappa shape index (κ1) is 41.0. The van der Waals surface area contributed by atoms with Crippen molar-refractivity contribution >= 4 is 57.3 Å². The van der Waals surface area contributed by atoms with Gasteiger partial charge in [-0.25, -0.2) is 9.48 Å². The maximum absolute atomic E-state index is 14.1. The van der Waals surface area contributed by atoms with Gasteiger partial charge in [0.1, 0.15) is 17.1 Å². The lowest BCUT2D eigenvalue weighted by atomic mass is 9.75. The standard InChI is InChI=1S/C44H39F3N6O7S/c1-43(2)19-33-38(34(56)20-43)39(44(45,46)47)52-53(33)24-8-12-28(40(48)57)32(16-24)49-21-3-5-22(6-4-21)50-42(61)51-23-7-11-27(31(15-23)41(58)59)37-29-13-9-25(54)17-35(29)60-36-18-26(55)10-14-30(36)37/h7-18,21-22,49,54H,3-6,19-20H2,1-2H3,(H2,48,57)(H,58,59)(H2,50,51,61). The molecule has 314 valence electrons. The van der Waals surface area contributed by atoms with Crippen molar-refractivity contribution in [3.63, 3.8) is 0 Å². The van der Waals surface area contributed by atoms with Crippen molar-refractivity contribution in [2.75, 3.05) is 10.6 Å². The lowest BCUT2D eigenvalue weighted by Crippen LogP contribution is -2.42. The smallest absolute Gasteiger partial charge is 0.435 e. The fourth-order valence-corrected chi connectivity index (χ4v) is 8.76. The summed E-state index contributed by atoms with van der Waals surface area (Å²) in [4.78, 5) is 50.3. The number of thiocarbonyl (C=S) groups is 1. The van der Waals surface area contributed by atoms with Crippen molar-refractivity contribution in [3.8, 4) is 33.9 Å². The van der Waals surface area contributed by atoms with Gasteiger partial charge in [0, 0.05) is 58.5 Å². The van der Waals surface area contributed by atoms with Crippen LogP contribution in [0.25, 0.3) is 39.1 Å². The van der Waals surface area contributed by atoms with Gasteiger partial charge in [-0.3, -0.25) is 14.4 Å². The first-order valence-electron chi connectivity index (χ1n) is 19.4. The average molecular weight is 853 g/mol. The molecule has 8 rings (SSSR count). The van der Waals surface area contributed by atoms with Crippen LogP contribution in [-0.2, 0) is 12.6 Å². The Kier molecular flexibility index (Phi) is 10.3. The molecule has 17 heteroatoms. The molecule has 13 nitrogen and oxygen atoms in total. The van der Waals surface area contributed by atoms with E-state index < -0.39 is 40.5 Å². The van der Waals surface area contributed by atoms with E-state index in [0.717, 1.165) is 4.68 Å². The number of phenolic OH excluding ortho intramolecular Hbond substituents is 1. The molecule has 2 heterocycles. The molecular weight excluding hydrogens is 814 g/mol. The van der Waals surface area contributed by atoms with E-state index in [1.807, 2.05) is 13.8 Å². The first-order valence-corrected chi connectivity index (χ1v) is 19.8. The van der Waals surface area contributed by atoms with Gasteiger partial charge in [0.2, 0.25) is 0 Å². The Morgan fingerprint density at radius 2 is 1.62 bits per heavy atom. The van der Waals surface area contributed by atoms with Gasteiger partial charge in [0.15, 0.2) is 22.0 Å². The van der Waals surface area contributed by atoms with Gasteiger partial charge in [-0.2, -0.15) is 18.3 Å². The van der Waals surface area contributed by atoms with Gasteiger partial charge in [-0.15, -0.1) is 0 Å². The van der Waals surface area contributed by atoms with E-state index in [-0.39, 0.29) is 75.1 Å². The number of anilines is 2. The zero-order valence-electron chi connectivity index (χ0n) is 32.8. The number of carboxylic acids is 1. The van der Waals surface area contributed by atoms with Gasteiger partial charge in [0.05, 0.1) is 28.1 Å². The summed E-state index contributed by atoms with van der Waals surface area (Å²) in [6.45, 7) is 3.63. The van der Waals surface area contributed by atoms with Gasteiger partial charge in [-0.1, -0.05) is 19.9 Å². The summed E-state index contributed by atoms with van der Waals surface area (Å²) in [6, 6.07) is 17.7. The number of carboxylic acid groups (broad SMARTS) is 1. The number of carbonyl (C=O) groups is 3. The first-order chi connectivity index (χ1) is 28.8. The highest BCUT2D eigenvalue weighted by atomic mass is 32.1. The van der Waals surface area contributed by atoms with E-state index >= 15 is 0 Å². The van der Waals surface area contributed by atoms with E-state index in [1.54, 1.807) is 24.3 Å². The second kappa shape index (κ2) is 15.4. The van der Waals surface area contributed by atoms with Crippen LogP contribution in [-0.4, -0.2) is 54.8 Å². The fourth-order valence-electron chi connectivity index (χ4n) is 8.48. The average Bonchev–Trinajstić information content (AvgIpc) is 3.57. The van der Waals surface area contributed by atoms with Crippen LogP contribution in [0.4, 0.5) is 24.5 Å². The number of carbonyl (C=O) groups excluding carboxylic acids is 2. The number of rotatable bonds is 8. The molecule has 1 saturated carbocycles. The molecule has 0 saturated heterocycles. The topological polar surface area (TPSA) is 202 Å². The number of primary amides is 1. The minimum atomic E-state index is -4.85. The molecule has 1 aliphatic heterocycles. The zero-order valence-corrected chi connectivity index (χ0v) is 33.6. The van der Waals surface area contributed by atoms with Crippen LogP contribution >= 0.6 is 12.2 Å². The zero-order chi connectivity index (χ0) is 43.5. The molecule has 1 aromatic heterocycles. The van der Waals surface area contributed by atoms with E-state index in [0.29, 0.717) is 59.1 Å². The van der Waals surface area contributed by atoms with Crippen molar-refractivity contribution in [2.45, 2.75) is 70.6 Å². The molecule has 0 atom stereocenters. The number of nitrogens with one attached hydrogen (secondary N) is 3. The third-order valence-electron chi connectivity index (χ3n) is 11.2. The Morgan fingerprint density at radius 3 is 2.33 bits per heavy atom. The molecule has 0 unspecified atom stereocenters. The highest BCUT2D eigenvalue weighted by Gasteiger charge is 2.45. The summed E-state index contributed by atoms with van der Waals surface area (Å²) in [7, 11) is 0. The molecule has 0 bridgehead atoms. The Bertz CT molecular complexity index is 2820. The minimum absolute atomic E-state index is 0.0405. The third kappa shape index (κ3) is 8.12.